The van der Waals surface area contributed by atoms with Crippen LogP contribution in [0.25, 0.3) is 11.2 Å². The number of thioether (sulfide) groups is 1. The number of hydrogen-bond acceptors (Lipinski definition) is 4. The number of fused-ring (bicyclic) bond motifs is 1. The predicted octanol–water partition coefficient (Wildman–Crippen LogP) is 3.06. The Labute approximate surface area is 125 Å². The van der Waals surface area contributed by atoms with Crippen molar-refractivity contribution in [3.05, 3.63) is 17.3 Å². The maximum absolute atomic E-state index is 10.7. The van der Waals surface area contributed by atoms with Gasteiger partial charge >= 0.3 is 5.97 Å². The molecule has 106 valence electrons. The molecule has 5 nitrogen and oxygen atoms in total. The maximum Gasteiger partial charge on any atom is 0.313 e. The summed E-state index contributed by atoms with van der Waals surface area (Å²) in [6, 6.07) is 1.77. The first-order valence-electron chi connectivity index (χ1n) is 6.50. The van der Waals surface area contributed by atoms with Gasteiger partial charge in [-0.05, 0) is 24.8 Å². The highest BCUT2D eigenvalue weighted by Crippen LogP contribution is 2.32. The first kappa shape index (κ1) is 13.7. The number of hydrogen-bond donors (Lipinski definition) is 1. The van der Waals surface area contributed by atoms with Crippen LogP contribution in [0.15, 0.2) is 17.4 Å². The van der Waals surface area contributed by atoms with E-state index >= 15 is 0 Å². The average Bonchev–Trinajstić information content (AvgIpc) is 2.68. The van der Waals surface area contributed by atoms with Gasteiger partial charge in [0.1, 0.15) is 5.52 Å². The van der Waals surface area contributed by atoms with Gasteiger partial charge in [0, 0.05) is 12.7 Å². The zero-order valence-corrected chi connectivity index (χ0v) is 12.3. The van der Waals surface area contributed by atoms with Gasteiger partial charge < -0.3 is 9.67 Å². The Bertz CT molecular complexity index is 654. The molecular formula is C13H14ClN3O2S. The number of carboxylic acids is 1. The molecular weight excluding hydrogens is 298 g/mol. The van der Waals surface area contributed by atoms with Crippen LogP contribution in [-0.4, -0.2) is 31.4 Å². The molecule has 1 aliphatic rings. The molecule has 2 aromatic heterocycles. The van der Waals surface area contributed by atoms with Crippen molar-refractivity contribution in [2.45, 2.75) is 31.0 Å². The molecule has 0 spiro atoms. The molecule has 2 aromatic rings. The van der Waals surface area contributed by atoms with Gasteiger partial charge in [-0.3, -0.25) is 4.79 Å². The zero-order chi connectivity index (χ0) is 14.1. The Hall–Kier alpha value is -1.27. The number of pyridine rings is 1. The van der Waals surface area contributed by atoms with Crippen LogP contribution in [-0.2, 0) is 11.3 Å². The number of aliphatic carboxylic acids is 1. The summed E-state index contributed by atoms with van der Waals surface area (Å²) in [6.45, 7) is 0.854. The fourth-order valence-corrected chi connectivity index (χ4v) is 3.18. The summed E-state index contributed by atoms with van der Waals surface area (Å²) in [6.07, 6.45) is 5.31. The van der Waals surface area contributed by atoms with Crippen molar-refractivity contribution in [3.63, 3.8) is 0 Å². The minimum absolute atomic E-state index is 0.00171. The number of imidazole rings is 1. The van der Waals surface area contributed by atoms with Crippen molar-refractivity contribution in [1.29, 1.82) is 0 Å². The Morgan fingerprint density at radius 3 is 3.00 bits per heavy atom. The number of carbonyl (C=O) groups is 1. The van der Waals surface area contributed by atoms with E-state index in [9.17, 15) is 4.79 Å². The van der Waals surface area contributed by atoms with E-state index in [2.05, 4.69) is 9.97 Å². The molecule has 20 heavy (non-hydrogen) atoms. The van der Waals surface area contributed by atoms with Gasteiger partial charge in [-0.25, -0.2) is 9.97 Å². The third kappa shape index (κ3) is 2.76. The van der Waals surface area contributed by atoms with Gasteiger partial charge in [0.15, 0.2) is 10.8 Å². The van der Waals surface area contributed by atoms with Crippen LogP contribution in [0.4, 0.5) is 0 Å². The van der Waals surface area contributed by atoms with Crippen LogP contribution >= 0.6 is 23.4 Å². The molecule has 0 radical (unpaired) electrons. The van der Waals surface area contributed by atoms with E-state index in [0.29, 0.717) is 16.1 Å². The van der Waals surface area contributed by atoms with E-state index in [0.717, 1.165) is 17.7 Å². The summed E-state index contributed by atoms with van der Waals surface area (Å²) in [5, 5.41) is 10.1. The highest BCUT2D eigenvalue weighted by Gasteiger charge is 2.22. The number of carboxylic acid groups (broad SMARTS) is 1. The molecule has 0 unspecified atom stereocenters. The molecule has 1 saturated carbocycles. The van der Waals surface area contributed by atoms with Crippen LogP contribution in [0.3, 0.4) is 0 Å². The molecule has 1 aliphatic carbocycles. The van der Waals surface area contributed by atoms with E-state index in [1.165, 1.54) is 31.0 Å². The second kappa shape index (κ2) is 5.61. The minimum Gasteiger partial charge on any atom is -0.481 e. The van der Waals surface area contributed by atoms with Crippen molar-refractivity contribution < 1.29 is 9.90 Å². The van der Waals surface area contributed by atoms with Crippen LogP contribution in [0.1, 0.15) is 19.3 Å². The quantitative estimate of drug-likeness (QED) is 0.860. The number of nitrogens with zero attached hydrogens (tertiary/aromatic N) is 3. The lowest BCUT2D eigenvalue weighted by Crippen LogP contribution is -2.19. The number of rotatable bonds is 5. The van der Waals surface area contributed by atoms with Gasteiger partial charge in [0.05, 0.1) is 10.8 Å². The van der Waals surface area contributed by atoms with Gasteiger partial charge in [0.2, 0.25) is 0 Å². The smallest absolute Gasteiger partial charge is 0.313 e. The summed E-state index contributed by atoms with van der Waals surface area (Å²) >= 11 is 7.17. The van der Waals surface area contributed by atoms with Crippen molar-refractivity contribution >= 4 is 40.5 Å². The zero-order valence-electron chi connectivity index (χ0n) is 10.8. The molecule has 0 aromatic carbocycles. The second-order valence-electron chi connectivity index (χ2n) is 4.98. The van der Waals surface area contributed by atoms with Crippen LogP contribution in [0.2, 0.25) is 5.02 Å². The Morgan fingerprint density at radius 1 is 1.55 bits per heavy atom. The molecule has 7 heteroatoms. The fourth-order valence-electron chi connectivity index (χ4n) is 2.30. The lowest BCUT2D eigenvalue weighted by atomic mass is 9.85. The number of halogens is 1. The van der Waals surface area contributed by atoms with E-state index in [1.807, 2.05) is 4.57 Å². The first-order chi connectivity index (χ1) is 9.63. The molecule has 1 fully saturated rings. The lowest BCUT2D eigenvalue weighted by Gasteiger charge is -2.26. The molecule has 2 heterocycles. The van der Waals surface area contributed by atoms with Gasteiger partial charge in [0.25, 0.3) is 0 Å². The van der Waals surface area contributed by atoms with E-state index in [4.69, 9.17) is 16.7 Å². The van der Waals surface area contributed by atoms with E-state index in [1.54, 1.807) is 12.3 Å². The summed E-state index contributed by atoms with van der Waals surface area (Å²) in [7, 11) is 0. The minimum atomic E-state index is -0.844. The molecule has 0 amide bonds. The Kier molecular flexibility index (Phi) is 3.85. The van der Waals surface area contributed by atoms with Crippen molar-refractivity contribution in [3.8, 4) is 0 Å². The third-order valence-corrected chi connectivity index (χ3v) is 4.67. The van der Waals surface area contributed by atoms with E-state index < -0.39 is 5.97 Å². The van der Waals surface area contributed by atoms with Crippen LogP contribution in [0.5, 0.6) is 0 Å². The normalized spacial score (nSPS) is 15.4. The molecule has 0 aliphatic heterocycles. The van der Waals surface area contributed by atoms with Crippen molar-refractivity contribution in [2.24, 2.45) is 5.92 Å². The lowest BCUT2D eigenvalue weighted by molar-refractivity contribution is -0.133. The average molecular weight is 312 g/mol. The molecule has 0 atom stereocenters. The molecule has 0 saturated heterocycles. The highest BCUT2D eigenvalue weighted by molar-refractivity contribution is 7.99. The summed E-state index contributed by atoms with van der Waals surface area (Å²) in [5.74, 6) is -0.195. The molecule has 1 N–H and O–H groups in total. The Balaban J connectivity index is 1.96. The summed E-state index contributed by atoms with van der Waals surface area (Å²) in [5.41, 5.74) is 1.51. The Morgan fingerprint density at radius 2 is 2.35 bits per heavy atom. The van der Waals surface area contributed by atoms with Crippen LogP contribution < -0.4 is 0 Å². The topological polar surface area (TPSA) is 68.0 Å². The molecule has 0 bridgehead atoms. The maximum atomic E-state index is 10.7. The molecule has 3 rings (SSSR count). The first-order valence-corrected chi connectivity index (χ1v) is 7.86. The van der Waals surface area contributed by atoms with Gasteiger partial charge in [-0.1, -0.05) is 29.8 Å². The number of aromatic nitrogens is 3. The summed E-state index contributed by atoms with van der Waals surface area (Å²) in [4.78, 5) is 19.6. The van der Waals surface area contributed by atoms with Crippen molar-refractivity contribution in [1.82, 2.24) is 14.5 Å². The highest BCUT2D eigenvalue weighted by atomic mass is 35.5. The van der Waals surface area contributed by atoms with E-state index in [-0.39, 0.29) is 5.75 Å². The fraction of sp³-hybridized carbons (Fsp3) is 0.462. The second-order valence-corrected chi connectivity index (χ2v) is 6.36. The van der Waals surface area contributed by atoms with Crippen LogP contribution in [0, 0.1) is 5.92 Å². The predicted molar refractivity (Wildman–Crippen MR) is 78.2 cm³/mol. The summed E-state index contributed by atoms with van der Waals surface area (Å²) < 4.78 is 2.03. The SMILES string of the molecule is O=C(O)CSc1nc2cc(Cl)cnc2n1CC1CCC1. The standard InChI is InChI=1S/C13H14ClN3O2S/c14-9-4-10-12(15-5-9)17(6-8-2-1-3-8)13(16-10)20-7-11(18)19/h4-5,8H,1-3,6-7H2,(H,18,19). The largest absolute Gasteiger partial charge is 0.481 e. The van der Waals surface area contributed by atoms with Gasteiger partial charge in [-0.2, -0.15) is 0 Å². The third-order valence-electron chi connectivity index (χ3n) is 3.51. The monoisotopic (exact) mass is 311 g/mol. The van der Waals surface area contributed by atoms with Gasteiger partial charge in [-0.15, -0.1) is 0 Å². The van der Waals surface area contributed by atoms with Crippen molar-refractivity contribution in [2.75, 3.05) is 5.75 Å².